The third-order valence-corrected chi connectivity index (χ3v) is 8.54. The Morgan fingerprint density at radius 3 is 2.39 bits per heavy atom. The number of carbonyl (C=O) groups is 4. The molecule has 214 valence electrons. The maximum atomic E-state index is 13.5. The molecule has 0 radical (unpaired) electrons. The van der Waals surface area contributed by atoms with E-state index in [-0.39, 0.29) is 11.8 Å². The molecule has 2 amide bonds. The zero-order valence-corrected chi connectivity index (χ0v) is 23.7. The Bertz CT molecular complexity index is 1490. The Hall–Kier alpha value is -4.20. The summed E-state index contributed by atoms with van der Waals surface area (Å²) in [6.45, 7) is 2.07. The summed E-state index contributed by atoms with van der Waals surface area (Å²) >= 11 is 0. The van der Waals surface area contributed by atoms with Gasteiger partial charge in [-0.3, -0.25) is 14.4 Å². The largest absolute Gasteiger partial charge is 0.463 e. The van der Waals surface area contributed by atoms with E-state index < -0.39 is 11.5 Å². The minimum Gasteiger partial charge on any atom is -0.463 e. The van der Waals surface area contributed by atoms with Crippen molar-refractivity contribution in [2.45, 2.75) is 69.7 Å². The van der Waals surface area contributed by atoms with Gasteiger partial charge in [0.15, 0.2) is 6.29 Å². The number of aldehydes is 1. The smallest absolute Gasteiger partial charge is 0.330 e. The fourth-order valence-electron chi connectivity index (χ4n) is 6.37. The topological polar surface area (TPSA) is 106 Å². The molecule has 1 heterocycles. The summed E-state index contributed by atoms with van der Waals surface area (Å²) in [5, 5.41) is 7.06. The zero-order valence-electron chi connectivity index (χ0n) is 23.7. The monoisotopic (exact) mass is 555 g/mol. The summed E-state index contributed by atoms with van der Waals surface area (Å²) in [7, 11) is 1.87. The van der Waals surface area contributed by atoms with Gasteiger partial charge >= 0.3 is 5.97 Å². The Morgan fingerprint density at radius 2 is 1.73 bits per heavy atom. The van der Waals surface area contributed by atoms with E-state index in [4.69, 9.17) is 4.74 Å². The van der Waals surface area contributed by atoms with Crippen LogP contribution in [0.25, 0.3) is 17.0 Å². The number of nitrogens with one attached hydrogen (secondary N) is 2. The van der Waals surface area contributed by atoms with E-state index in [1.54, 1.807) is 43.3 Å². The van der Waals surface area contributed by atoms with E-state index in [9.17, 15) is 19.2 Å². The van der Waals surface area contributed by atoms with Gasteiger partial charge in [-0.1, -0.05) is 43.9 Å². The number of hydrogen-bond donors (Lipinski definition) is 2. The minimum atomic E-state index is -1.01. The van der Waals surface area contributed by atoms with Gasteiger partial charge in [0.1, 0.15) is 5.54 Å². The number of ether oxygens (including phenoxy) is 1. The molecule has 1 aromatic heterocycles. The Balaban J connectivity index is 1.33. The highest BCUT2D eigenvalue weighted by atomic mass is 16.5. The molecule has 2 aliphatic rings. The molecule has 2 fully saturated rings. The van der Waals surface area contributed by atoms with Crippen LogP contribution in [-0.4, -0.2) is 40.8 Å². The van der Waals surface area contributed by atoms with E-state index in [0.717, 1.165) is 54.0 Å². The fraction of sp³-hybridized carbons (Fsp3) is 0.394. The number of rotatable bonds is 9. The molecular formula is C33H37N3O5. The van der Waals surface area contributed by atoms with Crippen molar-refractivity contribution in [3.8, 4) is 0 Å². The fourth-order valence-corrected chi connectivity index (χ4v) is 6.37. The molecule has 0 atom stereocenters. The highest BCUT2D eigenvalue weighted by Gasteiger charge is 2.42. The van der Waals surface area contributed by atoms with Crippen LogP contribution in [0.2, 0.25) is 0 Å². The van der Waals surface area contributed by atoms with Gasteiger partial charge < -0.3 is 19.9 Å². The first-order chi connectivity index (χ1) is 19.8. The van der Waals surface area contributed by atoms with Crippen molar-refractivity contribution in [3.05, 3.63) is 70.9 Å². The Labute approximate surface area is 240 Å². The first-order valence-corrected chi connectivity index (χ1v) is 14.5. The van der Waals surface area contributed by atoms with Gasteiger partial charge in [0.05, 0.1) is 12.3 Å². The van der Waals surface area contributed by atoms with Crippen molar-refractivity contribution in [1.82, 2.24) is 9.88 Å². The molecule has 3 aromatic rings. The summed E-state index contributed by atoms with van der Waals surface area (Å²) in [6.07, 6.45) is 11.2. The molecule has 0 aliphatic heterocycles. The maximum absolute atomic E-state index is 13.5. The lowest BCUT2D eigenvalue weighted by molar-refractivity contribution is -0.137. The van der Waals surface area contributed by atoms with Gasteiger partial charge in [-0.25, -0.2) is 4.79 Å². The quantitative estimate of drug-likeness (QED) is 0.194. The highest BCUT2D eigenvalue weighted by molar-refractivity contribution is 6.06. The second-order valence-electron chi connectivity index (χ2n) is 11.1. The normalized spacial score (nSPS) is 16.7. The van der Waals surface area contributed by atoms with Crippen LogP contribution in [0.3, 0.4) is 0 Å². The average molecular weight is 556 g/mol. The summed E-state index contributed by atoms with van der Waals surface area (Å²) in [5.74, 6) is -0.593. The second kappa shape index (κ2) is 12.1. The summed E-state index contributed by atoms with van der Waals surface area (Å²) < 4.78 is 6.78. The van der Waals surface area contributed by atoms with E-state index in [0.29, 0.717) is 42.3 Å². The molecule has 8 nitrogen and oxygen atoms in total. The molecule has 0 spiro atoms. The van der Waals surface area contributed by atoms with Crippen LogP contribution < -0.4 is 10.6 Å². The van der Waals surface area contributed by atoms with Crippen molar-refractivity contribution in [2.24, 2.45) is 7.05 Å². The Morgan fingerprint density at radius 1 is 1.02 bits per heavy atom. The number of aryl methyl sites for hydroxylation is 1. The lowest BCUT2D eigenvalue weighted by Crippen LogP contribution is -2.55. The summed E-state index contributed by atoms with van der Waals surface area (Å²) in [6, 6.07) is 12.7. The van der Waals surface area contributed by atoms with Crippen LogP contribution in [0.1, 0.15) is 96.2 Å². The van der Waals surface area contributed by atoms with Crippen LogP contribution in [0, 0.1) is 0 Å². The Kier molecular flexibility index (Phi) is 8.38. The van der Waals surface area contributed by atoms with Crippen molar-refractivity contribution in [1.29, 1.82) is 0 Å². The summed E-state index contributed by atoms with van der Waals surface area (Å²) in [4.78, 5) is 50.6. The van der Waals surface area contributed by atoms with Crippen LogP contribution in [-0.2, 0) is 21.4 Å². The van der Waals surface area contributed by atoms with Gasteiger partial charge in [-0.05, 0) is 80.0 Å². The lowest BCUT2D eigenvalue weighted by Gasteiger charge is -2.29. The van der Waals surface area contributed by atoms with Gasteiger partial charge in [0.25, 0.3) is 5.91 Å². The van der Waals surface area contributed by atoms with E-state index in [2.05, 4.69) is 10.6 Å². The van der Waals surface area contributed by atoms with Crippen LogP contribution >= 0.6 is 0 Å². The van der Waals surface area contributed by atoms with Crippen molar-refractivity contribution in [2.75, 3.05) is 11.9 Å². The summed E-state index contributed by atoms with van der Waals surface area (Å²) in [5.41, 5.74) is 3.48. The number of hydrogen-bond acceptors (Lipinski definition) is 5. The zero-order chi connectivity index (χ0) is 29.0. The molecule has 0 bridgehead atoms. The van der Waals surface area contributed by atoms with Crippen molar-refractivity contribution >= 4 is 46.7 Å². The van der Waals surface area contributed by atoms with E-state index in [1.807, 2.05) is 23.7 Å². The molecule has 41 heavy (non-hydrogen) atoms. The molecule has 5 rings (SSSR count). The lowest BCUT2D eigenvalue weighted by atomic mass is 9.93. The van der Waals surface area contributed by atoms with Gasteiger partial charge in [-0.15, -0.1) is 0 Å². The second-order valence-corrected chi connectivity index (χ2v) is 11.1. The molecule has 2 saturated carbocycles. The standard InChI is InChI=1S/C33H37N3O5/c1-3-41-29(38)17-12-22-10-14-25(15-11-22)34-32(40)33(18-6-7-19-33)35-31(39)24-13-16-26-27(20-24)36(2)28(21-37)30(26)23-8-4-5-9-23/h10-17,20-21,23H,3-9,18-19H2,1-2H3,(H,34,40)(H,35,39)/b17-12+. The molecule has 0 saturated heterocycles. The molecule has 2 aliphatic carbocycles. The molecule has 2 N–H and O–H groups in total. The average Bonchev–Trinajstić information content (AvgIpc) is 3.73. The molecular weight excluding hydrogens is 518 g/mol. The number of fused-ring (bicyclic) bond motifs is 1. The predicted octanol–water partition coefficient (Wildman–Crippen LogP) is 5.91. The van der Waals surface area contributed by atoms with Crippen LogP contribution in [0.5, 0.6) is 0 Å². The van der Waals surface area contributed by atoms with Crippen LogP contribution in [0.4, 0.5) is 5.69 Å². The number of amides is 2. The van der Waals surface area contributed by atoms with Gasteiger partial charge in [0.2, 0.25) is 5.91 Å². The van der Waals surface area contributed by atoms with E-state index in [1.165, 1.54) is 18.9 Å². The number of anilines is 1. The van der Waals surface area contributed by atoms with Gasteiger partial charge in [0, 0.05) is 35.3 Å². The number of nitrogens with zero attached hydrogens (tertiary/aromatic N) is 1. The highest BCUT2D eigenvalue weighted by Crippen LogP contribution is 2.41. The molecule has 8 heteroatoms. The minimum absolute atomic E-state index is 0.245. The van der Waals surface area contributed by atoms with Crippen molar-refractivity contribution in [3.63, 3.8) is 0 Å². The number of aromatic nitrogens is 1. The molecule has 2 aromatic carbocycles. The predicted molar refractivity (Wildman–Crippen MR) is 159 cm³/mol. The van der Waals surface area contributed by atoms with E-state index >= 15 is 0 Å². The van der Waals surface area contributed by atoms with Crippen molar-refractivity contribution < 1.29 is 23.9 Å². The number of esters is 1. The first kappa shape index (κ1) is 28.3. The van der Waals surface area contributed by atoms with Crippen LogP contribution in [0.15, 0.2) is 48.5 Å². The molecule has 0 unspecified atom stereocenters. The maximum Gasteiger partial charge on any atom is 0.330 e. The third kappa shape index (κ3) is 5.82. The third-order valence-electron chi connectivity index (χ3n) is 8.54. The SMILES string of the molecule is CCOC(=O)/C=C/c1ccc(NC(=O)C2(NC(=O)c3ccc4c(C5CCCC5)c(C=O)n(C)c4c3)CCCC2)cc1. The number of carbonyl (C=O) groups excluding carboxylic acids is 4. The first-order valence-electron chi connectivity index (χ1n) is 14.5. The number of benzene rings is 2. The van der Waals surface area contributed by atoms with Gasteiger partial charge in [-0.2, -0.15) is 0 Å².